The molecule has 1 atom stereocenters. The summed E-state index contributed by atoms with van der Waals surface area (Å²) in [6, 6.07) is 6.76. The van der Waals surface area contributed by atoms with Crippen LogP contribution >= 0.6 is 0 Å². The van der Waals surface area contributed by atoms with Crippen LogP contribution in [-0.4, -0.2) is 43.6 Å². The van der Waals surface area contributed by atoms with Gasteiger partial charge in [-0.1, -0.05) is 69.4 Å². The first kappa shape index (κ1) is 28.3. The van der Waals surface area contributed by atoms with Gasteiger partial charge in [0.05, 0.1) is 7.11 Å². The summed E-state index contributed by atoms with van der Waals surface area (Å²) in [7, 11) is 1.73. The fourth-order valence-electron chi connectivity index (χ4n) is 5.58. The van der Waals surface area contributed by atoms with Crippen molar-refractivity contribution >= 4 is 11.6 Å². The number of allylic oxidation sites excluding steroid dienone is 4. The highest BCUT2D eigenvalue weighted by molar-refractivity contribution is 5.77. The second kappa shape index (κ2) is 16.5. The fourth-order valence-corrected chi connectivity index (χ4v) is 5.58. The molecule has 0 spiro atoms. The number of carbonyl (C=O) groups is 1. The largest absolute Gasteiger partial charge is 0.497 e. The van der Waals surface area contributed by atoms with Crippen molar-refractivity contribution in [2.75, 3.05) is 31.6 Å². The Morgan fingerprint density at radius 3 is 2.50 bits per heavy atom. The zero-order valence-corrected chi connectivity index (χ0v) is 23.1. The van der Waals surface area contributed by atoms with Crippen LogP contribution in [0.4, 0.5) is 5.69 Å². The molecule has 0 aromatic heterocycles. The van der Waals surface area contributed by atoms with E-state index in [4.69, 9.17) is 4.74 Å². The molecule has 2 heterocycles. The monoisotopic (exact) mass is 494 g/mol. The van der Waals surface area contributed by atoms with Crippen LogP contribution < -0.4 is 9.64 Å². The van der Waals surface area contributed by atoms with Crippen LogP contribution in [-0.2, 0) is 11.2 Å². The van der Waals surface area contributed by atoms with Crippen LogP contribution in [0.1, 0.15) is 102 Å². The maximum Gasteiger partial charge on any atom is 0.222 e. The van der Waals surface area contributed by atoms with E-state index < -0.39 is 0 Å². The van der Waals surface area contributed by atoms with Crippen molar-refractivity contribution in [3.05, 3.63) is 48.1 Å². The van der Waals surface area contributed by atoms with Gasteiger partial charge in [0.25, 0.3) is 0 Å². The Bertz CT molecular complexity index is 831. The molecule has 2 aliphatic heterocycles. The van der Waals surface area contributed by atoms with Crippen LogP contribution in [0.3, 0.4) is 0 Å². The molecular weight excluding hydrogens is 444 g/mol. The lowest BCUT2D eigenvalue weighted by Crippen LogP contribution is -2.43. The summed E-state index contributed by atoms with van der Waals surface area (Å²) in [6.45, 7) is 5.19. The van der Waals surface area contributed by atoms with E-state index in [9.17, 15) is 4.79 Å². The highest BCUT2D eigenvalue weighted by atomic mass is 16.5. The third-order valence-electron chi connectivity index (χ3n) is 7.75. The van der Waals surface area contributed by atoms with Crippen molar-refractivity contribution in [2.24, 2.45) is 0 Å². The van der Waals surface area contributed by atoms with Crippen LogP contribution in [0.2, 0.25) is 0 Å². The molecule has 1 aromatic carbocycles. The first-order valence-electron chi connectivity index (χ1n) is 14.7. The first-order chi connectivity index (χ1) is 17.7. The molecule has 1 aromatic rings. The van der Waals surface area contributed by atoms with E-state index >= 15 is 0 Å². The SMILES string of the molecule is CCCCC/C=C\C/C=C\CCCCCCCC(=O)N1CCC[C@H]1CN1CCc2ccc(OC)cc21. The van der Waals surface area contributed by atoms with Gasteiger partial charge in [-0.25, -0.2) is 0 Å². The summed E-state index contributed by atoms with van der Waals surface area (Å²) in [5, 5.41) is 0. The minimum atomic E-state index is 0.354. The molecule has 36 heavy (non-hydrogen) atoms. The molecule has 0 aliphatic carbocycles. The van der Waals surface area contributed by atoms with Gasteiger partial charge in [0, 0.05) is 43.9 Å². The van der Waals surface area contributed by atoms with Gasteiger partial charge >= 0.3 is 0 Å². The number of methoxy groups -OCH3 is 1. The lowest BCUT2D eigenvalue weighted by atomic mass is 10.1. The Kier molecular flexibility index (Phi) is 13.0. The molecule has 0 N–H and O–H groups in total. The molecule has 3 rings (SSSR count). The summed E-state index contributed by atoms with van der Waals surface area (Å²) < 4.78 is 5.44. The number of hydrogen-bond acceptors (Lipinski definition) is 3. The van der Waals surface area contributed by atoms with Crippen molar-refractivity contribution in [2.45, 2.75) is 109 Å². The second-order valence-electron chi connectivity index (χ2n) is 10.6. The Hall–Kier alpha value is -2.23. The molecule has 0 radical (unpaired) electrons. The quantitative estimate of drug-likeness (QED) is 0.163. The van der Waals surface area contributed by atoms with E-state index in [0.717, 1.165) is 57.5 Å². The van der Waals surface area contributed by atoms with Gasteiger partial charge in [-0.05, 0) is 69.4 Å². The number of nitrogens with zero attached hydrogens (tertiary/aromatic N) is 2. The first-order valence-corrected chi connectivity index (χ1v) is 14.7. The summed E-state index contributed by atoms with van der Waals surface area (Å²) in [6.07, 6.45) is 26.8. The molecule has 0 unspecified atom stereocenters. The lowest BCUT2D eigenvalue weighted by Gasteiger charge is -2.30. The van der Waals surface area contributed by atoms with Crippen molar-refractivity contribution in [1.29, 1.82) is 0 Å². The zero-order valence-electron chi connectivity index (χ0n) is 23.1. The van der Waals surface area contributed by atoms with E-state index in [2.05, 4.69) is 59.2 Å². The van der Waals surface area contributed by atoms with Gasteiger partial charge in [0.2, 0.25) is 5.91 Å². The third-order valence-corrected chi connectivity index (χ3v) is 7.75. The molecule has 4 nitrogen and oxygen atoms in total. The predicted octanol–water partition coefficient (Wildman–Crippen LogP) is 7.86. The maximum atomic E-state index is 13.0. The van der Waals surface area contributed by atoms with Crippen LogP contribution in [0.15, 0.2) is 42.5 Å². The number of likely N-dealkylation sites (tertiary alicyclic amines) is 1. The number of ether oxygens (including phenoxy) is 1. The highest BCUT2D eigenvalue weighted by Crippen LogP contribution is 2.33. The number of rotatable bonds is 17. The van der Waals surface area contributed by atoms with Gasteiger partial charge in [0.1, 0.15) is 5.75 Å². The summed E-state index contributed by atoms with van der Waals surface area (Å²) in [4.78, 5) is 17.6. The average Bonchev–Trinajstić information content (AvgIpc) is 3.53. The average molecular weight is 495 g/mol. The Morgan fingerprint density at radius 1 is 0.972 bits per heavy atom. The number of fused-ring (bicyclic) bond motifs is 1. The Labute approximate surface area is 220 Å². The number of carbonyl (C=O) groups excluding carboxylic acids is 1. The van der Waals surface area contributed by atoms with Crippen molar-refractivity contribution < 1.29 is 9.53 Å². The van der Waals surface area contributed by atoms with Crippen molar-refractivity contribution in [1.82, 2.24) is 4.90 Å². The molecule has 1 amide bonds. The number of anilines is 1. The number of amides is 1. The molecule has 0 bridgehead atoms. The lowest BCUT2D eigenvalue weighted by molar-refractivity contribution is -0.132. The molecule has 1 saturated heterocycles. The third kappa shape index (κ3) is 9.33. The number of benzene rings is 1. The fraction of sp³-hybridized carbons (Fsp3) is 0.656. The molecular formula is C32H50N2O2. The van der Waals surface area contributed by atoms with Crippen molar-refractivity contribution in [3.8, 4) is 5.75 Å². The summed E-state index contributed by atoms with van der Waals surface area (Å²) >= 11 is 0. The van der Waals surface area contributed by atoms with Crippen LogP contribution in [0.5, 0.6) is 5.75 Å². The summed E-state index contributed by atoms with van der Waals surface area (Å²) in [5.74, 6) is 1.29. The molecule has 4 heteroatoms. The molecule has 1 fully saturated rings. The Balaban J connectivity index is 1.25. The second-order valence-corrected chi connectivity index (χ2v) is 10.6. The topological polar surface area (TPSA) is 32.8 Å². The van der Waals surface area contributed by atoms with E-state index in [0.29, 0.717) is 18.4 Å². The minimum Gasteiger partial charge on any atom is -0.497 e. The Morgan fingerprint density at radius 2 is 1.72 bits per heavy atom. The zero-order chi connectivity index (χ0) is 25.4. The van der Waals surface area contributed by atoms with E-state index in [1.165, 1.54) is 69.0 Å². The van der Waals surface area contributed by atoms with Crippen LogP contribution in [0.25, 0.3) is 0 Å². The van der Waals surface area contributed by atoms with Gasteiger partial charge < -0.3 is 14.5 Å². The van der Waals surface area contributed by atoms with Gasteiger partial charge in [0.15, 0.2) is 0 Å². The van der Waals surface area contributed by atoms with Gasteiger partial charge in [-0.3, -0.25) is 4.79 Å². The number of hydrogen-bond donors (Lipinski definition) is 0. The summed E-state index contributed by atoms with van der Waals surface area (Å²) in [5.41, 5.74) is 2.69. The highest BCUT2D eigenvalue weighted by Gasteiger charge is 2.31. The maximum absolute atomic E-state index is 13.0. The number of unbranched alkanes of at least 4 members (excludes halogenated alkanes) is 8. The normalized spacial score (nSPS) is 17.6. The van der Waals surface area contributed by atoms with Crippen molar-refractivity contribution in [3.63, 3.8) is 0 Å². The van der Waals surface area contributed by atoms with Gasteiger partial charge in [-0.2, -0.15) is 0 Å². The molecule has 200 valence electrons. The van der Waals surface area contributed by atoms with E-state index in [1.54, 1.807) is 7.11 Å². The molecule has 0 saturated carbocycles. The van der Waals surface area contributed by atoms with E-state index in [-0.39, 0.29) is 0 Å². The van der Waals surface area contributed by atoms with E-state index in [1.807, 2.05) is 0 Å². The smallest absolute Gasteiger partial charge is 0.222 e. The predicted molar refractivity (Wildman–Crippen MR) is 153 cm³/mol. The molecule has 2 aliphatic rings. The standard InChI is InChI=1S/C32H50N2O2/c1-3-4-5-6-7-8-9-10-11-12-13-14-15-16-17-20-32(35)34-24-18-19-29(34)27-33-25-23-28-21-22-30(36-2)26-31(28)33/h7-8,10-11,21-22,26,29H,3-6,9,12-20,23-25,27H2,1-2H3/b8-7-,11-10-/t29-/m0/s1. The minimum absolute atomic E-state index is 0.354. The van der Waals surface area contributed by atoms with Crippen LogP contribution in [0, 0.1) is 0 Å². The van der Waals surface area contributed by atoms with Gasteiger partial charge in [-0.15, -0.1) is 0 Å².